The van der Waals surface area contributed by atoms with E-state index in [4.69, 9.17) is 16.6 Å². The second-order valence-electron chi connectivity index (χ2n) is 8.01. The van der Waals surface area contributed by atoms with Gasteiger partial charge in [0.05, 0.1) is 27.7 Å². The molecule has 1 atom stereocenters. The SMILES string of the molecule is CCCN(C(=O)c1ccccc1)C(CC)c1nc2ccccc2c(=O)n1-c1ccc(F)c(Cl)c1. The lowest BCUT2D eigenvalue weighted by molar-refractivity contribution is 0.0659. The van der Waals surface area contributed by atoms with Crippen LogP contribution >= 0.6 is 11.6 Å². The maximum absolute atomic E-state index is 13.9. The highest BCUT2D eigenvalue weighted by Gasteiger charge is 2.29. The predicted molar refractivity (Wildman–Crippen MR) is 133 cm³/mol. The first-order chi connectivity index (χ1) is 16.5. The molecule has 174 valence electrons. The lowest BCUT2D eigenvalue weighted by atomic mass is 10.1. The smallest absolute Gasteiger partial charge is 0.266 e. The first-order valence-electron chi connectivity index (χ1n) is 11.3. The fourth-order valence-electron chi connectivity index (χ4n) is 4.18. The molecular weight excluding hydrogens is 453 g/mol. The molecule has 0 bridgehead atoms. The van der Waals surface area contributed by atoms with Gasteiger partial charge in [0.15, 0.2) is 0 Å². The average molecular weight is 478 g/mol. The van der Waals surface area contributed by atoms with Gasteiger partial charge in [0.1, 0.15) is 11.6 Å². The highest BCUT2D eigenvalue weighted by Crippen LogP contribution is 2.29. The zero-order chi connectivity index (χ0) is 24.2. The Morgan fingerprint density at radius 3 is 2.44 bits per heavy atom. The van der Waals surface area contributed by atoms with Crippen molar-refractivity contribution in [3.63, 3.8) is 0 Å². The van der Waals surface area contributed by atoms with Crippen LogP contribution in [0.1, 0.15) is 48.9 Å². The molecule has 0 saturated carbocycles. The summed E-state index contributed by atoms with van der Waals surface area (Å²) in [5.41, 5.74) is 1.19. The topological polar surface area (TPSA) is 55.2 Å². The Hall–Kier alpha value is -3.51. The number of carbonyl (C=O) groups is 1. The molecule has 1 heterocycles. The molecule has 0 spiro atoms. The summed E-state index contributed by atoms with van der Waals surface area (Å²) in [6.45, 7) is 4.44. The Morgan fingerprint density at radius 2 is 1.76 bits per heavy atom. The van der Waals surface area contributed by atoms with Crippen molar-refractivity contribution < 1.29 is 9.18 Å². The number of amides is 1. The minimum atomic E-state index is -0.576. The predicted octanol–water partition coefficient (Wildman–Crippen LogP) is 6.18. The number of para-hydroxylation sites is 1. The Labute approximate surface area is 202 Å². The molecule has 0 fully saturated rings. The maximum atomic E-state index is 13.9. The van der Waals surface area contributed by atoms with Crippen molar-refractivity contribution in [1.82, 2.24) is 14.5 Å². The molecule has 1 unspecified atom stereocenters. The summed E-state index contributed by atoms with van der Waals surface area (Å²) in [5.74, 6) is -0.306. The van der Waals surface area contributed by atoms with Crippen LogP contribution in [0.5, 0.6) is 0 Å². The van der Waals surface area contributed by atoms with Crippen LogP contribution in [-0.4, -0.2) is 26.9 Å². The van der Waals surface area contributed by atoms with E-state index in [1.54, 1.807) is 35.2 Å². The third kappa shape index (κ3) is 4.46. The number of nitrogens with zero attached hydrogens (tertiary/aromatic N) is 3. The third-order valence-electron chi connectivity index (χ3n) is 5.77. The molecule has 0 aliphatic heterocycles. The van der Waals surface area contributed by atoms with E-state index in [9.17, 15) is 14.0 Å². The zero-order valence-corrected chi connectivity index (χ0v) is 19.8. The summed E-state index contributed by atoms with van der Waals surface area (Å²) < 4.78 is 15.4. The molecule has 4 aromatic rings. The molecule has 0 N–H and O–H groups in total. The standard InChI is InChI=1S/C27H25ClFN3O2/c1-3-16-31(26(33)18-10-6-5-7-11-18)24(4-2)25-30-23-13-9-8-12-20(23)27(34)32(25)19-14-15-22(29)21(28)17-19/h5-15,17,24H,3-4,16H2,1-2H3. The third-order valence-corrected chi connectivity index (χ3v) is 6.06. The molecule has 0 aliphatic carbocycles. The maximum Gasteiger partial charge on any atom is 0.266 e. The fourth-order valence-corrected chi connectivity index (χ4v) is 4.35. The number of carbonyl (C=O) groups excluding carboxylic acids is 1. The molecule has 3 aromatic carbocycles. The van der Waals surface area contributed by atoms with Gasteiger partial charge in [-0.3, -0.25) is 14.2 Å². The van der Waals surface area contributed by atoms with Crippen LogP contribution in [0.15, 0.2) is 77.6 Å². The Bertz CT molecular complexity index is 1390. The number of rotatable bonds is 7. The van der Waals surface area contributed by atoms with Crippen LogP contribution in [0.2, 0.25) is 5.02 Å². The molecule has 4 rings (SSSR count). The van der Waals surface area contributed by atoms with Gasteiger partial charge in [-0.15, -0.1) is 0 Å². The van der Waals surface area contributed by atoms with E-state index in [1.807, 2.05) is 38.1 Å². The molecule has 7 heteroatoms. The van der Waals surface area contributed by atoms with Gasteiger partial charge >= 0.3 is 0 Å². The summed E-state index contributed by atoms with van der Waals surface area (Å²) in [7, 11) is 0. The van der Waals surface area contributed by atoms with E-state index in [0.717, 1.165) is 6.42 Å². The van der Waals surface area contributed by atoms with Gasteiger partial charge < -0.3 is 4.90 Å². The highest BCUT2D eigenvalue weighted by atomic mass is 35.5. The first-order valence-corrected chi connectivity index (χ1v) is 11.7. The molecule has 1 amide bonds. The molecular formula is C27H25ClFN3O2. The Kier molecular flexibility index (Phi) is 7.08. The van der Waals surface area contributed by atoms with E-state index < -0.39 is 11.9 Å². The van der Waals surface area contributed by atoms with Crippen LogP contribution in [0.25, 0.3) is 16.6 Å². The lowest BCUT2D eigenvalue weighted by Crippen LogP contribution is -2.39. The van der Waals surface area contributed by atoms with Crippen molar-refractivity contribution in [2.75, 3.05) is 6.54 Å². The Balaban J connectivity index is 1.97. The number of halogens is 2. The summed E-state index contributed by atoms with van der Waals surface area (Å²) >= 11 is 6.07. The Morgan fingerprint density at radius 1 is 1.06 bits per heavy atom. The molecule has 0 saturated heterocycles. The van der Waals surface area contributed by atoms with Crippen LogP contribution < -0.4 is 5.56 Å². The second-order valence-corrected chi connectivity index (χ2v) is 8.42. The first kappa shape index (κ1) is 23.6. The zero-order valence-electron chi connectivity index (χ0n) is 19.0. The van der Waals surface area contributed by atoms with E-state index >= 15 is 0 Å². The lowest BCUT2D eigenvalue weighted by Gasteiger charge is -2.32. The van der Waals surface area contributed by atoms with E-state index in [1.165, 1.54) is 22.8 Å². The van der Waals surface area contributed by atoms with E-state index in [-0.39, 0.29) is 16.5 Å². The van der Waals surface area contributed by atoms with Gasteiger partial charge in [-0.2, -0.15) is 0 Å². The van der Waals surface area contributed by atoms with Crippen LogP contribution in [0, 0.1) is 5.82 Å². The van der Waals surface area contributed by atoms with Crippen LogP contribution in [0.4, 0.5) is 4.39 Å². The quantitative estimate of drug-likeness (QED) is 0.319. The van der Waals surface area contributed by atoms with E-state index in [0.29, 0.717) is 40.9 Å². The summed E-state index contributed by atoms with van der Waals surface area (Å²) in [4.78, 5) is 33.8. The molecule has 1 aromatic heterocycles. The van der Waals surface area contributed by atoms with Gasteiger partial charge in [0.2, 0.25) is 0 Å². The number of aromatic nitrogens is 2. The van der Waals surface area contributed by atoms with Gasteiger partial charge in [-0.1, -0.05) is 55.8 Å². The number of benzene rings is 3. The van der Waals surface area contributed by atoms with Gasteiger partial charge in [-0.05, 0) is 55.3 Å². The van der Waals surface area contributed by atoms with Gasteiger partial charge in [-0.25, -0.2) is 9.37 Å². The number of hydrogen-bond acceptors (Lipinski definition) is 3. The summed E-state index contributed by atoms with van der Waals surface area (Å²) in [6.07, 6.45) is 1.26. The monoisotopic (exact) mass is 477 g/mol. The molecule has 0 aliphatic rings. The van der Waals surface area contributed by atoms with E-state index in [2.05, 4.69) is 0 Å². The van der Waals surface area contributed by atoms with Crippen LogP contribution in [0.3, 0.4) is 0 Å². The number of hydrogen-bond donors (Lipinski definition) is 0. The van der Waals surface area contributed by atoms with Crippen molar-refractivity contribution in [2.24, 2.45) is 0 Å². The summed E-state index contributed by atoms with van der Waals surface area (Å²) in [5, 5.41) is 0.334. The fraction of sp³-hybridized carbons (Fsp3) is 0.222. The summed E-state index contributed by atoms with van der Waals surface area (Å²) in [6, 6.07) is 19.8. The average Bonchev–Trinajstić information content (AvgIpc) is 2.86. The normalized spacial score (nSPS) is 12.0. The highest BCUT2D eigenvalue weighted by molar-refractivity contribution is 6.30. The van der Waals surface area contributed by atoms with Crippen LogP contribution in [-0.2, 0) is 0 Å². The van der Waals surface area contributed by atoms with Gasteiger partial charge in [0, 0.05) is 12.1 Å². The molecule has 0 radical (unpaired) electrons. The van der Waals surface area contributed by atoms with Crippen molar-refractivity contribution in [2.45, 2.75) is 32.7 Å². The van der Waals surface area contributed by atoms with Crippen molar-refractivity contribution in [3.05, 3.63) is 105 Å². The van der Waals surface area contributed by atoms with Crippen molar-refractivity contribution in [1.29, 1.82) is 0 Å². The largest absolute Gasteiger partial charge is 0.328 e. The molecule has 34 heavy (non-hydrogen) atoms. The number of fused-ring (bicyclic) bond motifs is 1. The minimum absolute atomic E-state index is 0.0951. The van der Waals surface area contributed by atoms with Crippen molar-refractivity contribution in [3.8, 4) is 5.69 Å². The van der Waals surface area contributed by atoms with Crippen molar-refractivity contribution >= 4 is 28.4 Å². The molecule has 5 nitrogen and oxygen atoms in total. The minimum Gasteiger partial charge on any atom is -0.328 e. The second kappa shape index (κ2) is 10.2. The van der Waals surface area contributed by atoms with Gasteiger partial charge in [0.25, 0.3) is 11.5 Å².